The van der Waals surface area contributed by atoms with Gasteiger partial charge in [0.05, 0.1) is 16.3 Å². The molecule has 0 aromatic heterocycles. The molecule has 2 rings (SSSR count). The van der Waals surface area contributed by atoms with Crippen LogP contribution in [0.2, 0.25) is 5.02 Å². The zero-order valence-electron chi connectivity index (χ0n) is 11.3. The van der Waals surface area contributed by atoms with Crippen LogP contribution in [0.3, 0.4) is 0 Å². The first kappa shape index (κ1) is 14.2. The lowest BCUT2D eigenvalue weighted by atomic mass is 9.96. The van der Waals surface area contributed by atoms with Crippen molar-refractivity contribution in [3.8, 4) is 6.07 Å². The molecule has 0 unspecified atom stereocenters. The summed E-state index contributed by atoms with van der Waals surface area (Å²) in [6.07, 6.45) is 2.34. The van der Waals surface area contributed by atoms with E-state index in [1.807, 2.05) is 12.1 Å². The van der Waals surface area contributed by atoms with Gasteiger partial charge in [-0.15, -0.1) is 0 Å². The van der Waals surface area contributed by atoms with Crippen LogP contribution in [0.25, 0.3) is 0 Å². The monoisotopic (exact) mass is 277 g/mol. The van der Waals surface area contributed by atoms with Crippen LogP contribution in [-0.4, -0.2) is 26.2 Å². The molecule has 0 radical (unpaired) electrons. The van der Waals surface area contributed by atoms with Gasteiger partial charge in [0.25, 0.3) is 0 Å². The summed E-state index contributed by atoms with van der Waals surface area (Å²) >= 11 is 6.09. The molecule has 1 fully saturated rings. The van der Waals surface area contributed by atoms with Gasteiger partial charge in [0.2, 0.25) is 0 Å². The molecule has 0 atom stereocenters. The van der Waals surface area contributed by atoms with E-state index in [0.29, 0.717) is 10.6 Å². The Bertz CT molecular complexity index is 459. The number of piperidine rings is 1. The number of anilines is 1. The Hall–Kier alpha value is -1.24. The lowest BCUT2D eigenvalue weighted by molar-refractivity contribution is 0.386. The Labute approximate surface area is 120 Å². The topological polar surface area (TPSA) is 39.1 Å². The van der Waals surface area contributed by atoms with Crippen LogP contribution in [-0.2, 0) is 0 Å². The number of nitrogens with one attached hydrogen (secondary N) is 1. The minimum atomic E-state index is 0.551. The Morgan fingerprint density at radius 2 is 2.16 bits per heavy atom. The van der Waals surface area contributed by atoms with Gasteiger partial charge in [-0.1, -0.05) is 24.6 Å². The molecule has 1 aromatic rings. The minimum absolute atomic E-state index is 0.551. The van der Waals surface area contributed by atoms with E-state index in [4.69, 9.17) is 11.6 Å². The minimum Gasteiger partial charge on any atom is -0.370 e. The summed E-state index contributed by atoms with van der Waals surface area (Å²) in [5.41, 5.74) is 1.59. The standard InChI is InChI=1S/C15H20ClN3/c1-2-18-11-12-6-8-19(9-7-12)15-5-3-4-14(16)13(15)10-17/h3-5,12,18H,2,6-9,11H2,1H3. The lowest BCUT2D eigenvalue weighted by Gasteiger charge is -2.34. The number of rotatable bonds is 4. The summed E-state index contributed by atoms with van der Waals surface area (Å²) in [6, 6.07) is 7.91. The van der Waals surface area contributed by atoms with Crippen LogP contribution in [0.4, 0.5) is 5.69 Å². The molecule has 1 aliphatic heterocycles. The van der Waals surface area contributed by atoms with Crippen LogP contribution in [0.15, 0.2) is 18.2 Å². The highest BCUT2D eigenvalue weighted by Crippen LogP contribution is 2.29. The summed E-state index contributed by atoms with van der Waals surface area (Å²) < 4.78 is 0. The summed E-state index contributed by atoms with van der Waals surface area (Å²) in [4.78, 5) is 2.28. The second-order valence-corrected chi connectivity index (χ2v) is 5.39. The first-order valence-electron chi connectivity index (χ1n) is 6.90. The van der Waals surface area contributed by atoms with Crippen molar-refractivity contribution < 1.29 is 0 Å². The second-order valence-electron chi connectivity index (χ2n) is 4.98. The zero-order valence-corrected chi connectivity index (χ0v) is 12.1. The largest absolute Gasteiger partial charge is 0.370 e. The maximum Gasteiger partial charge on any atom is 0.103 e. The number of nitrogens with zero attached hydrogens (tertiary/aromatic N) is 2. The Balaban J connectivity index is 2.02. The molecule has 0 bridgehead atoms. The molecular weight excluding hydrogens is 258 g/mol. The van der Waals surface area contributed by atoms with E-state index in [2.05, 4.69) is 23.2 Å². The third kappa shape index (κ3) is 3.40. The maximum absolute atomic E-state index is 9.23. The van der Waals surface area contributed by atoms with Crippen molar-refractivity contribution in [3.63, 3.8) is 0 Å². The molecule has 1 heterocycles. The predicted molar refractivity (Wildman–Crippen MR) is 79.6 cm³/mol. The van der Waals surface area contributed by atoms with E-state index in [1.165, 1.54) is 12.8 Å². The summed E-state index contributed by atoms with van der Waals surface area (Å²) in [7, 11) is 0. The highest BCUT2D eigenvalue weighted by Gasteiger charge is 2.21. The van der Waals surface area contributed by atoms with Crippen molar-refractivity contribution in [3.05, 3.63) is 28.8 Å². The van der Waals surface area contributed by atoms with E-state index in [-0.39, 0.29) is 0 Å². The molecular formula is C15H20ClN3. The zero-order chi connectivity index (χ0) is 13.7. The van der Waals surface area contributed by atoms with Crippen molar-refractivity contribution in [2.45, 2.75) is 19.8 Å². The van der Waals surface area contributed by atoms with Gasteiger partial charge in [-0.3, -0.25) is 0 Å². The normalized spacial score (nSPS) is 16.4. The van der Waals surface area contributed by atoms with E-state index in [9.17, 15) is 5.26 Å². The van der Waals surface area contributed by atoms with Crippen LogP contribution in [0.5, 0.6) is 0 Å². The summed E-state index contributed by atoms with van der Waals surface area (Å²) in [5, 5.41) is 13.2. The summed E-state index contributed by atoms with van der Waals surface area (Å²) in [5.74, 6) is 0.751. The van der Waals surface area contributed by atoms with Crippen molar-refractivity contribution in [1.29, 1.82) is 5.26 Å². The SMILES string of the molecule is CCNCC1CCN(c2cccc(Cl)c2C#N)CC1. The van der Waals surface area contributed by atoms with Gasteiger partial charge in [0.1, 0.15) is 6.07 Å². The molecule has 4 heteroatoms. The smallest absolute Gasteiger partial charge is 0.103 e. The average Bonchev–Trinajstić information content (AvgIpc) is 2.45. The van der Waals surface area contributed by atoms with Gasteiger partial charge in [-0.2, -0.15) is 5.26 Å². The fourth-order valence-electron chi connectivity index (χ4n) is 2.61. The van der Waals surface area contributed by atoms with Gasteiger partial charge < -0.3 is 10.2 Å². The predicted octanol–water partition coefficient (Wildman–Crippen LogP) is 3.04. The van der Waals surface area contributed by atoms with Crippen molar-refractivity contribution >= 4 is 17.3 Å². The first-order valence-corrected chi connectivity index (χ1v) is 7.28. The maximum atomic E-state index is 9.23. The highest BCUT2D eigenvalue weighted by atomic mass is 35.5. The van der Waals surface area contributed by atoms with E-state index in [1.54, 1.807) is 6.07 Å². The van der Waals surface area contributed by atoms with Crippen molar-refractivity contribution in [2.24, 2.45) is 5.92 Å². The number of benzene rings is 1. The van der Waals surface area contributed by atoms with E-state index >= 15 is 0 Å². The Kier molecular flexibility index (Phi) is 5.07. The molecule has 19 heavy (non-hydrogen) atoms. The molecule has 1 aromatic carbocycles. The van der Waals surface area contributed by atoms with Crippen LogP contribution in [0, 0.1) is 17.2 Å². The quantitative estimate of drug-likeness (QED) is 0.919. The van der Waals surface area contributed by atoms with E-state index < -0.39 is 0 Å². The number of hydrogen-bond acceptors (Lipinski definition) is 3. The molecule has 0 spiro atoms. The Morgan fingerprint density at radius 1 is 1.42 bits per heavy atom. The third-order valence-electron chi connectivity index (χ3n) is 3.74. The summed E-state index contributed by atoms with van der Waals surface area (Å²) in [6.45, 7) is 6.29. The number of nitriles is 1. The highest BCUT2D eigenvalue weighted by molar-refractivity contribution is 6.32. The van der Waals surface area contributed by atoms with Gasteiger partial charge in [-0.05, 0) is 44.0 Å². The van der Waals surface area contributed by atoms with Crippen LogP contribution >= 0.6 is 11.6 Å². The molecule has 1 saturated heterocycles. The molecule has 0 amide bonds. The van der Waals surface area contributed by atoms with Gasteiger partial charge >= 0.3 is 0 Å². The first-order chi connectivity index (χ1) is 9.26. The fraction of sp³-hybridized carbons (Fsp3) is 0.533. The fourth-order valence-corrected chi connectivity index (χ4v) is 2.83. The van der Waals surface area contributed by atoms with Crippen LogP contribution in [0.1, 0.15) is 25.3 Å². The average molecular weight is 278 g/mol. The van der Waals surface area contributed by atoms with Crippen molar-refractivity contribution in [1.82, 2.24) is 5.32 Å². The van der Waals surface area contributed by atoms with Gasteiger partial charge in [0, 0.05) is 13.1 Å². The molecule has 1 N–H and O–H groups in total. The third-order valence-corrected chi connectivity index (χ3v) is 4.06. The number of hydrogen-bond donors (Lipinski definition) is 1. The van der Waals surface area contributed by atoms with Crippen molar-refractivity contribution in [2.75, 3.05) is 31.1 Å². The molecule has 0 aliphatic carbocycles. The van der Waals surface area contributed by atoms with Gasteiger partial charge in [0.15, 0.2) is 0 Å². The molecule has 1 aliphatic rings. The second kappa shape index (κ2) is 6.79. The van der Waals surface area contributed by atoms with Gasteiger partial charge in [-0.25, -0.2) is 0 Å². The van der Waals surface area contributed by atoms with E-state index in [0.717, 1.165) is 37.8 Å². The Morgan fingerprint density at radius 3 is 2.79 bits per heavy atom. The van der Waals surface area contributed by atoms with Crippen LogP contribution < -0.4 is 10.2 Å². The molecule has 102 valence electrons. The number of halogens is 1. The molecule has 3 nitrogen and oxygen atoms in total. The molecule has 0 saturated carbocycles. The lowest BCUT2D eigenvalue weighted by Crippen LogP contribution is -2.37.